The summed E-state index contributed by atoms with van der Waals surface area (Å²) >= 11 is 0. The van der Waals surface area contributed by atoms with Crippen molar-refractivity contribution in [3.05, 3.63) is 36.4 Å². The fourth-order valence-corrected chi connectivity index (χ4v) is 3.56. The average Bonchev–Trinajstić information content (AvgIpc) is 2.66. The second kappa shape index (κ2) is 9.27. The van der Waals surface area contributed by atoms with Crippen LogP contribution in [0, 0.1) is 11.8 Å². The van der Waals surface area contributed by atoms with Gasteiger partial charge in [-0.25, -0.2) is 0 Å². The molecular weight excluding hydrogens is 334 g/mol. The van der Waals surface area contributed by atoms with Crippen molar-refractivity contribution in [3.8, 4) is 11.5 Å². The van der Waals surface area contributed by atoms with E-state index in [1.807, 2.05) is 6.07 Å². The van der Waals surface area contributed by atoms with Gasteiger partial charge in [-0.15, -0.1) is 6.58 Å². The molecule has 0 saturated heterocycles. The Hall–Kier alpha value is -2.50. The summed E-state index contributed by atoms with van der Waals surface area (Å²) < 4.78 is 10.7. The van der Waals surface area contributed by atoms with Crippen molar-refractivity contribution in [2.75, 3.05) is 20.8 Å². The first-order chi connectivity index (χ1) is 12.5. The molecular formula is C20H27NO5. The van der Waals surface area contributed by atoms with Gasteiger partial charge in [-0.1, -0.05) is 18.9 Å². The van der Waals surface area contributed by atoms with Crippen molar-refractivity contribution < 1.29 is 24.2 Å². The van der Waals surface area contributed by atoms with Crippen LogP contribution in [0.15, 0.2) is 30.9 Å². The first-order valence-electron chi connectivity index (χ1n) is 8.85. The molecule has 26 heavy (non-hydrogen) atoms. The second-order valence-corrected chi connectivity index (χ2v) is 6.52. The minimum Gasteiger partial charge on any atom is -0.497 e. The van der Waals surface area contributed by atoms with Crippen molar-refractivity contribution in [1.29, 1.82) is 0 Å². The molecule has 142 valence electrons. The highest BCUT2D eigenvalue weighted by molar-refractivity contribution is 5.85. The van der Waals surface area contributed by atoms with Gasteiger partial charge in [-0.05, 0) is 31.0 Å². The van der Waals surface area contributed by atoms with Gasteiger partial charge in [0.05, 0.1) is 26.1 Å². The average molecular weight is 361 g/mol. The van der Waals surface area contributed by atoms with E-state index in [0.717, 1.165) is 18.4 Å². The summed E-state index contributed by atoms with van der Waals surface area (Å²) in [5.41, 5.74) is 0.810. The number of amides is 1. The number of aliphatic carboxylic acids is 1. The summed E-state index contributed by atoms with van der Waals surface area (Å²) in [6.07, 6.45) is 4.55. The van der Waals surface area contributed by atoms with Crippen molar-refractivity contribution >= 4 is 11.9 Å². The molecule has 1 amide bonds. The smallest absolute Gasteiger partial charge is 0.307 e. The largest absolute Gasteiger partial charge is 0.497 e. The maximum atomic E-state index is 13.1. The molecule has 1 saturated carbocycles. The van der Waals surface area contributed by atoms with Crippen molar-refractivity contribution in [2.24, 2.45) is 11.8 Å². The quantitative estimate of drug-likeness (QED) is 0.720. The van der Waals surface area contributed by atoms with Crippen LogP contribution in [-0.4, -0.2) is 42.6 Å². The Morgan fingerprint density at radius 1 is 1.23 bits per heavy atom. The Morgan fingerprint density at radius 3 is 2.50 bits per heavy atom. The summed E-state index contributed by atoms with van der Waals surface area (Å²) in [5.74, 6) is -0.796. The van der Waals surface area contributed by atoms with Gasteiger partial charge in [-0.2, -0.15) is 0 Å². The molecule has 0 heterocycles. The second-order valence-electron chi connectivity index (χ2n) is 6.52. The van der Waals surface area contributed by atoms with E-state index in [1.165, 1.54) is 0 Å². The van der Waals surface area contributed by atoms with E-state index in [4.69, 9.17) is 9.47 Å². The number of methoxy groups -OCH3 is 2. The monoisotopic (exact) mass is 361 g/mol. The molecule has 1 aliphatic carbocycles. The molecule has 0 aliphatic heterocycles. The van der Waals surface area contributed by atoms with E-state index < -0.39 is 17.8 Å². The molecule has 1 aliphatic rings. The fraction of sp³-hybridized carbons (Fsp3) is 0.500. The summed E-state index contributed by atoms with van der Waals surface area (Å²) in [7, 11) is 3.16. The predicted molar refractivity (Wildman–Crippen MR) is 98.2 cm³/mol. The van der Waals surface area contributed by atoms with Crippen molar-refractivity contribution in [3.63, 3.8) is 0 Å². The highest BCUT2D eigenvalue weighted by atomic mass is 16.5. The van der Waals surface area contributed by atoms with Crippen LogP contribution in [0.3, 0.4) is 0 Å². The van der Waals surface area contributed by atoms with Gasteiger partial charge >= 0.3 is 5.97 Å². The van der Waals surface area contributed by atoms with Crippen LogP contribution in [0.4, 0.5) is 0 Å². The summed E-state index contributed by atoms with van der Waals surface area (Å²) in [4.78, 5) is 26.3. The molecule has 1 aromatic rings. The van der Waals surface area contributed by atoms with Crippen LogP contribution >= 0.6 is 0 Å². The van der Waals surface area contributed by atoms with Gasteiger partial charge in [0.25, 0.3) is 0 Å². The molecule has 0 aromatic heterocycles. The number of nitrogens with zero attached hydrogens (tertiary/aromatic N) is 1. The van der Waals surface area contributed by atoms with Crippen LogP contribution in [0.5, 0.6) is 11.5 Å². The molecule has 2 atom stereocenters. The Bertz CT molecular complexity index is 658. The van der Waals surface area contributed by atoms with Crippen LogP contribution in [0.25, 0.3) is 0 Å². The standard InChI is InChI=1S/C20H27NO5/c1-4-11-21(13-14-12-15(25-2)9-10-18(14)26-3)19(22)16-7-5-6-8-17(16)20(23)24/h4,9-10,12,16-17H,1,5-8,11,13H2,2-3H3,(H,23,24). The zero-order chi connectivity index (χ0) is 19.1. The number of rotatable bonds is 8. The Balaban J connectivity index is 2.26. The van der Waals surface area contributed by atoms with E-state index in [-0.39, 0.29) is 5.91 Å². The maximum Gasteiger partial charge on any atom is 0.307 e. The normalized spacial score (nSPS) is 19.5. The molecule has 0 spiro atoms. The SMILES string of the molecule is C=CCN(Cc1cc(OC)ccc1OC)C(=O)C1CCCCC1C(=O)O. The number of carboxylic acid groups (broad SMARTS) is 1. The number of ether oxygens (including phenoxy) is 2. The zero-order valence-corrected chi connectivity index (χ0v) is 15.4. The highest BCUT2D eigenvalue weighted by Crippen LogP contribution is 2.33. The van der Waals surface area contributed by atoms with E-state index in [9.17, 15) is 14.7 Å². The van der Waals surface area contributed by atoms with Crippen LogP contribution in [0.1, 0.15) is 31.2 Å². The molecule has 6 nitrogen and oxygen atoms in total. The fourth-order valence-electron chi connectivity index (χ4n) is 3.56. The third-order valence-electron chi connectivity index (χ3n) is 4.91. The molecule has 1 N–H and O–H groups in total. The molecule has 0 radical (unpaired) electrons. The third kappa shape index (κ3) is 4.56. The first-order valence-corrected chi connectivity index (χ1v) is 8.85. The highest BCUT2D eigenvalue weighted by Gasteiger charge is 2.37. The lowest BCUT2D eigenvalue weighted by molar-refractivity contribution is -0.152. The predicted octanol–water partition coefficient (Wildman–Crippen LogP) is 3.11. The molecule has 2 unspecified atom stereocenters. The first kappa shape index (κ1) is 19.8. The minimum atomic E-state index is -0.888. The van der Waals surface area contributed by atoms with Gasteiger partial charge in [0.1, 0.15) is 11.5 Å². The number of hydrogen-bond donors (Lipinski definition) is 1. The van der Waals surface area contributed by atoms with E-state index in [1.54, 1.807) is 37.3 Å². The number of benzene rings is 1. The Labute approximate surface area is 154 Å². The third-order valence-corrected chi connectivity index (χ3v) is 4.91. The number of carbonyl (C=O) groups is 2. The van der Waals surface area contributed by atoms with E-state index in [0.29, 0.717) is 37.4 Å². The van der Waals surface area contributed by atoms with Crippen LogP contribution in [-0.2, 0) is 16.1 Å². The Kier molecular flexibility index (Phi) is 7.06. The van der Waals surface area contributed by atoms with Crippen molar-refractivity contribution in [2.45, 2.75) is 32.2 Å². The summed E-state index contributed by atoms with van der Waals surface area (Å²) in [6.45, 7) is 4.40. The minimum absolute atomic E-state index is 0.137. The molecule has 1 fully saturated rings. The topological polar surface area (TPSA) is 76.1 Å². The molecule has 1 aromatic carbocycles. The lowest BCUT2D eigenvalue weighted by Gasteiger charge is -2.32. The van der Waals surface area contributed by atoms with Gasteiger partial charge in [-0.3, -0.25) is 9.59 Å². The molecule has 6 heteroatoms. The van der Waals surface area contributed by atoms with E-state index >= 15 is 0 Å². The van der Waals surface area contributed by atoms with Gasteiger partial charge < -0.3 is 19.5 Å². The van der Waals surface area contributed by atoms with Crippen LogP contribution < -0.4 is 9.47 Å². The molecule has 0 bridgehead atoms. The van der Waals surface area contributed by atoms with Crippen molar-refractivity contribution in [1.82, 2.24) is 4.90 Å². The van der Waals surface area contributed by atoms with Crippen LogP contribution in [0.2, 0.25) is 0 Å². The maximum absolute atomic E-state index is 13.1. The van der Waals surface area contributed by atoms with Gasteiger partial charge in [0, 0.05) is 18.7 Å². The summed E-state index contributed by atoms with van der Waals surface area (Å²) in [5, 5.41) is 9.48. The summed E-state index contributed by atoms with van der Waals surface area (Å²) in [6, 6.07) is 5.42. The lowest BCUT2D eigenvalue weighted by atomic mass is 9.78. The number of hydrogen-bond acceptors (Lipinski definition) is 4. The lowest BCUT2D eigenvalue weighted by Crippen LogP contribution is -2.42. The number of carbonyl (C=O) groups excluding carboxylic acids is 1. The zero-order valence-electron chi connectivity index (χ0n) is 15.4. The van der Waals surface area contributed by atoms with E-state index in [2.05, 4.69) is 6.58 Å². The molecule has 2 rings (SSSR count). The Morgan fingerprint density at radius 2 is 1.92 bits per heavy atom. The van der Waals surface area contributed by atoms with Gasteiger partial charge in [0.2, 0.25) is 5.91 Å². The number of carboxylic acids is 1. The van der Waals surface area contributed by atoms with Gasteiger partial charge in [0.15, 0.2) is 0 Å².